The quantitative estimate of drug-likeness (QED) is 0.309. The molecule has 0 spiro atoms. The Balaban J connectivity index is 1.64. The lowest BCUT2D eigenvalue weighted by molar-refractivity contribution is -0.657. The topological polar surface area (TPSA) is 51.9 Å². The van der Waals surface area contributed by atoms with E-state index in [2.05, 4.69) is 46.1 Å². The molecule has 144 valence electrons. The number of unbranched alkanes of at least 4 members (excludes halogenated alkanes) is 6. The van der Waals surface area contributed by atoms with Crippen LogP contribution in [0.15, 0.2) is 48.5 Å². The first-order valence-corrected chi connectivity index (χ1v) is 10.3. The number of benzene rings is 2. The van der Waals surface area contributed by atoms with E-state index < -0.39 is 0 Å². The number of aromatic nitrogens is 2. The normalized spacial score (nSPS) is 11.1. The van der Waals surface area contributed by atoms with Crippen LogP contribution in [0.25, 0.3) is 11.0 Å². The summed E-state index contributed by atoms with van der Waals surface area (Å²) in [5, 5.41) is 13.5. The van der Waals surface area contributed by atoms with Gasteiger partial charge in [-0.2, -0.15) is 0 Å². The van der Waals surface area contributed by atoms with Crippen LogP contribution in [-0.2, 0) is 13.1 Å². The second-order valence-electron chi connectivity index (χ2n) is 7.25. The summed E-state index contributed by atoms with van der Waals surface area (Å²) in [6.07, 6.45) is 9.16. The number of nitrogens with one attached hydrogen (secondary N) is 2. The molecule has 1 aromatic heterocycles. The van der Waals surface area contributed by atoms with Crippen molar-refractivity contribution < 1.29 is 9.67 Å². The van der Waals surface area contributed by atoms with Crippen LogP contribution in [0.5, 0.6) is 5.75 Å². The lowest BCUT2D eigenvalue weighted by Crippen LogP contribution is -2.36. The summed E-state index contributed by atoms with van der Waals surface area (Å²) in [6.45, 7) is 3.86. The number of rotatable bonds is 11. The van der Waals surface area contributed by atoms with Crippen LogP contribution in [-0.4, -0.2) is 10.1 Å². The Hall–Kier alpha value is -2.49. The summed E-state index contributed by atoms with van der Waals surface area (Å²) in [5.74, 6) is 1.34. The van der Waals surface area contributed by atoms with Crippen LogP contribution < -0.4 is 9.88 Å². The molecule has 0 unspecified atom stereocenters. The van der Waals surface area contributed by atoms with Gasteiger partial charge in [-0.25, -0.2) is 9.55 Å². The number of anilines is 1. The number of aromatic amines is 1. The number of phenols is 1. The largest absolute Gasteiger partial charge is 0.508 e. The molecule has 0 saturated heterocycles. The number of nitrogens with zero attached hydrogens (tertiary/aromatic N) is 1. The third-order valence-corrected chi connectivity index (χ3v) is 5.14. The molecule has 0 amide bonds. The number of hydrogen-bond acceptors (Lipinski definition) is 2. The highest BCUT2D eigenvalue weighted by atomic mass is 16.3. The van der Waals surface area contributed by atoms with Crippen LogP contribution in [0.4, 0.5) is 5.95 Å². The molecule has 4 heteroatoms. The van der Waals surface area contributed by atoms with Crippen LogP contribution in [0.1, 0.15) is 57.4 Å². The van der Waals surface area contributed by atoms with Crippen molar-refractivity contribution in [1.82, 2.24) is 4.98 Å². The lowest BCUT2D eigenvalue weighted by Gasteiger charge is -2.06. The van der Waals surface area contributed by atoms with E-state index in [-0.39, 0.29) is 0 Å². The fourth-order valence-corrected chi connectivity index (χ4v) is 3.57. The number of fused-ring (bicyclic) bond motifs is 1. The van der Waals surface area contributed by atoms with E-state index >= 15 is 0 Å². The van der Waals surface area contributed by atoms with Crippen LogP contribution in [0, 0.1) is 0 Å². The first kappa shape index (κ1) is 19.3. The molecule has 0 saturated carbocycles. The average molecular weight is 367 g/mol. The minimum Gasteiger partial charge on any atom is -0.508 e. The summed E-state index contributed by atoms with van der Waals surface area (Å²) >= 11 is 0. The highest BCUT2D eigenvalue weighted by Crippen LogP contribution is 2.18. The SMILES string of the molecule is CCCCCCCCC[n+]1c(NCc2ccccc2O)[nH]c2ccccc21. The molecule has 0 bridgehead atoms. The van der Waals surface area contributed by atoms with Gasteiger partial charge in [-0.1, -0.05) is 75.8 Å². The summed E-state index contributed by atoms with van der Waals surface area (Å²) in [5.41, 5.74) is 3.27. The zero-order valence-electron chi connectivity index (χ0n) is 16.4. The first-order valence-electron chi connectivity index (χ1n) is 10.3. The summed E-state index contributed by atoms with van der Waals surface area (Å²) in [4.78, 5) is 3.49. The van der Waals surface area contributed by atoms with Gasteiger partial charge < -0.3 is 5.11 Å². The Bertz CT molecular complexity index is 841. The number of aryl methyl sites for hydroxylation is 1. The molecular weight excluding hydrogens is 334 g/mol. The van der Waals surface area contributed by atoms with E-state index in [9.17, 15) is 5.11 Å². The van der Waals surface area contributed by atoms with E-state index in [4.69, 9.17) is 0 Å². The maximum Gasteiger partial charge on any atom is 0.356 e. The number of phenolic OH excluding ortho intramolecular Hbond substituents is 1. The van der Waals surface area contributed by atoms with Crippen molar-refractivity contribution in [2.75, 3.05) is 5.32 Å². The average Bonchev–Trinajstić information content (AvgIpc) is 3.04. The minimum absolute atomic E-state index is 0.333. The molecule has 0 fully saturated rings. The number of imidazole rings is 1. The number of H-pyrrole nitrogens is 1. The Morgan fingerprint density at radius 1 is 0.889 bits per heavy atom. The molecule has 0 aliphatic heterocycles. The van der Waals surface area contributed by atoms with Crippen molar-refractivity contribution in [2.45, 2.75) is 65.0 Å². The van der Waals surface area contributed by atoms with Gasteiger partial charge in [0.25, 0.3) is 0 Å². The van der Waals surface area contributed by atoms with Crippen LogP contribution >= 0.6 is 0 Å². The van der Waals surface area contributed by atoms with Gasteiger partial charge in [0.15, 0.2) is 0 Å². The molecule has 27 heavy (non-hydrogen) atoms. The molecule has 0 aliphatic carbocycles. The number of hydrogen-bond donors (Lipinski definition) is 3. The van der Waals surface area contributed by atoms with E-state index in [0.29, 0.717) is 12.3 Å². The lowest BCUT2D eigenvalue weighted by atomic mass is 10.1. The Morgan fingerprint density at radius 2 is 1.59 bits per heavy atom. The van der Waals surface area contributed by atoms with Crippen molar-refractivity contribution in [3.05, 3.63) is 54.1 Å². The highest BCUT2D eigenvalue weighted by molar-refractivity contribution is 5.72. The maximum absolute atomic E-state index is 10.0. The fourth-order valence-electron chi connectivity index (χ4n) is 3.57. The summed E-state index contributed by atoms with van der Waals surface area (Å²) in [7, 11) is 0. The highest BCUT2D eigenvalue weighted by Gasteiger charge is 2.17. The standard InChI is InChI=1S/C23H31N3O/c1-2-3-4-5-6-7-12-17-26-21-15-10-9-14-20(21)25-23(26)24-18-19-13-8-11-16-22(19)27/h8-11,13-16H,2-7,12,17-18H2,1H3,(H2,24,25,27)/p+1. The molecule has 3 aromatic rings. The van der Waals surface area contributed by atoms with Gasteiger partial charge in [0.2, 0.25) is 0 Å². The molecule has 3 rings (SSSR count). The minimum atomic E-state index is 0.333. The zero-order valence-corrected chi connectivity index (χ0v) is 16.4. The summed E-state index contributed by atoms with van der Waals surface area (Å²) < 4.78 is 2.33. The zero-order chi connectivity index (χ0) is 18.9. The number of para-hydroxylation sites is 3. The molecule has 0 aliphatic rings. The van der Waals surface area contributed by atoms with Crippen molar-refractivity contribution >= 4 is 17.0 Å². The molecule has 0 atom stereocenters. The monoisotopic (exact) mass is 366 g/mol. The van der Waals surface area contributed by atoms with Gasteiger partial charge >= 0.3 is 5.95 Å². The molecule has 0 radical (unpaired) electrons. The Labute approximate surface area is 162 Å². The van der Waals surface area contributed by atoms with Crippen molar-refractivity contribution in [3.8, 4) is 5.75 Å². The fraction of sp³-hybridized carbons (Fsp3) is 0.435. The molecular formula is C23H32N3O+. The van der Waals surface area contributed by atoms with Crippen LogP contribution in [0.2, 0.25) is 0 Å². The third-order valence-electron chi connectivity index (χ3n) is 5.14. The van der Waals surface area contributed by atoms with Crippen LogP contribution in [0.3, 0.4) is 0 Å². The van der Waals surface area contributed by atoms with Crippen molar-refractivity contribution in [2.24, 2.45) is 0 Å². The Kier molecular flexibility index (Phi) is 7.14. The molecule has 2 aromatic carbocycles. The second-order valence-corrected chi connectivity index (χ2v) is 7.25. The van der Waals surface area contributed by atoms with E-state index in [1.54, 1.807) is 6.07 Å². The third kappa shape index (κ3) is 5.25. The van der Waals surface area contributed by atoms with Gasteiger partial charge in [0, 0.05) is 5.56 Å². The molecule has 1 heterocycles. The van der Waals surface area contributed by atoms with E-state index in [1.807, 2.05) is 18.2 Å². The second kappa shape index (κ2) is 10.0. The molecule has 4 nitrogen and oxygen atoms in total. The van der Waals surface area contributed by atoms with Gasteiger partial charge in [-0.05, 0) is 24.6 Å². The predicted molar refractivity (Wildman–Crippen MR) is 112 cm³/mol. The number of aromatic hydroxyl groups is 1. The van der Waals surface area contributed by atoms with Gasteiger partial charge in [0.1, 0.15) is 16.8 Å². The molecule has 3 N–H and O–H groups in total. The maximum atomic E-state index is 10.0. The van der Waals surface area contributed by atoms with Crippen molar-refractivity contribution in [3.63, 3.8) is 0 Å². The van der Waals surface area contributed by atoms with Crippen molar-refractivity contribution in [1.29, 1.82) is 0 Å². The van der Waals surface area contributed by atoms with Gasteiger partial charge in [-0.15, -0.1) is 0 Å². The van der Waals surface area contributed by atoms with Gasteiger partial charge in [0.05, 0.1) is 13.1 Å². The summed E-state index contributed by atoms with van der Waals surface area (Å²) in [6, 6.07) is 15.9. The van der Waals surface area contributed by atoms with E-state index in [1.165, 1.54) is 50.5 Å². The smallest absolute Gasteiger partial charge is 0.356 e. The Morgan fingerprint density at radius 3 is 2.41 bits per heavy atom. The van der Waals surface area contributed by atoms with E-state index in [0.717, 1.165) is 23.6 Å². The first-order chi connectivity index (χ1) is 13.3. The van der Waals surface area contributed by atoms with Gasteiger partial charge in [-0.3, -0.25) is 5.32 Å². The predicted octanol–water partition coefficient (Wildman–Crippen LogP) is 5.52.